The number of carboxylic acids is 1. The lowest BCUT2D eigenvalue weighted by Crippen LogP contribution is -2.11. The van der Waals surface area contributed by atoms with E-state index in [2.05, 4.69) is 5.32 Å². The first kappa shape index (κ1) is 11.1. The van der Waals surface area contributed by atoms with Crippen LogP contribution in [0.15, 0.2) is 12.1 Å². The molecular weight excluding hydrogens is 198 g/mol. The van der Waals surface area contributed by atoms with Crippen LogP contribution in [0.25, 0.3) is 0 Å². The zero-order valence-electron chi connectivity index (χ0n) is 8.03. The highest BCUT2D eigenvalue weighted by Gasteiger charge is 2.10. The number of rotatable bonds is 4. The van der Waals surface area contributed by atoms with Crippen molar-refractivity contribution in [3.8, 4) is 0 Å². The summed E-state index contributed by atoms with van der Waals surface area (Å²) in [6.45, 7) is 0.250. The minimum Gasteiger partial charge on any atom is -0.478 e. The molecular formula is C9H13N3O3. The van der Waals surface area contributed by atoms with Crippen LogP contribution in [0.4, 0.5) is 17.1 Å². The summed E-state index contributed by atoms with van der Waals surface area (Å²) in [4.78, 5) is 10.7. The Morgan fingerprint density at radius 3 is 2.27 bits per heavy atom. The third-order valence-corrected chi connectivity index (χ3v) is 1.86. The summed E-state index contributed by atoms with van der Waals surface area (Å²) in [6, 6.07) is 2.64. The van der Waals surface area contributed by atoms with Gasteiger partial charge in [-0.2, -0.15) is 0 Å². The van der Waals surface area contributed by atoms with Crippen molar-refractivity contribution in [3.63, 3.8) is 0 Å². The van der Waals surface area contributed by atoms with Crippen molar-refractivity contribution in [2.75, 3.05) is 29.9 Å². The lowest BCUT2D eigenvalue weighted by molar-refractivity contribution is 0.0697. The molecule has 0 aliphatic carbocycles. The molecule has 82 valence electrons. The topological polar surface area (TPSA) is 122 Å². The van der Waals surface area contributed by atoms with Gasteiger partial charge in [0.2, 0.25) is 0 Å². The molecule has 0 radical (unpaired) electrons. The molecule has 6 nitrogen and oxygen atoms in total. The van der Waals surface area contributed by atoms with Crippen molar-refractivity contribution in [1.82, 2.24) is 0 Å². The molecule has 7 N–H and O–H groups in total. The van der Waals surface area contributed by atoms with E-state index in [9.17, 15) is 4.79 Å². The van der Waals surface area contributed by atoms with Crippen molar-refractivity contribution in [2.24, 2.45) is 0 Å². The third-order valence-electron chi connectivity index (χ3n) is 1.86. The maximum Gasteiger partial charge on any atom is 0.335 e. The fourth-order valence-corrected chi connectivity index (χ4v) is 1.20. The first-order chi connectivity index (χ1) is 7.06. The second-order valence-corrected chi connectivity index (χ2v) is 2.99. The Hall–Kier alpha value is -1.95. The largest absolute Gasteiger partial charge is 0.478 e. The predicted molar refractivity (Wildman–Crippen MR) is 57.8 cm³/mol. The summed E-state index contributed by atoms with van der Waals surface area (Å²) in [6.07, 6.45) is 0. The van der Waals surface area contributed by atoms with Gasteiger partial charge in [0.15, 0.2) is 0 Å². The highest BCUT2D eigenvalue weighted by molar-refractivity contribution is 5.94. The van der Waals surface area contributed by atoms with Crippen LogP contribution in [-0.2, 0) is 0 Å². The lowest BCUT2D eigenvalue weighted by Gasteiger charge is -2.11. The van der Waals surface area contributed by atoms with Crippen LogP contribution >= 0.6 is 0 Å². The Kier molecular flexibility index (Phi) is 3.35. The van der Waals surface area contributed by atoms with Crippen molar-refractivity contribution in [3.05, 3.63) is 17.7 Å². The van der Waals surface area contributed by atoms with E-state index in [1.54, 1.807) is 0 Å². The van der Waals surface area contributed by atoms with Gasteiger partial charge in [-0.05, 0) is 12.1 Å². The number of nitrogens with two attached hydrogens (primary N) is 2. The molecule has 0 saturated carbocycles. The van der Waals surface area contributed by atoms with E-state index in [-0.39, 0.29) is 23.5 Å². The zero-order valence-corrected chi connectivity index (χ0v) is 8.03. The Bertz CT molecular complexity index is 356. The molecule has 1 aromatic rings. The predicted octanol–water partition coefficient (Wildman–Crippen LogP) is -0.0466. The van der Waals surface area contributed by atoms with Gasteiger partial charge < -0.3 is 27.0 Å². The Labute approximate surface area is 86.5 Å². The van der Waals surface area contributed by atoms with Gasteiger partial charge in [-0.3, -0.25) is 0 Å². The highest BCUT2D eigenvalue weighted by Crippen LogP contribution is 2.27. The summed E-state index contributed by atoms with van der Waals surface area (Å²) in [5, 5.41) is 20.1. The van der Waals surface area contributed by atoms with E-state index < -0.39 is 5.97 Å². The van der Waals surface area contributed by atoms with Gasteiger partial charge in [0, 0.05) is 6.54 Å². The summed E-state index contributed by atoms with van der Waals surface area (Å²) >= 11 is 0. The second-order valence-electron chi connectivity index (χ2n) is 2.99. The number of benzene rings is 1. The van der Waals surface area contributed by atoms with Crippen molar-refractivity contribution >= 4 is 23.0 Å². The van der Waals surface area contributed by atoms with Crippen LogP contribution in [0.3, 0.4) is 0 Å². The van der Waals surface area contributed by atoms with Crippen LogP contribution in [0.1, 0.15) is 10.4 Å². The molecule has 6 heteroatoms. The number of carbonyl (C=O) groups is 1. The Morgan fingerprint density at radius 2 is 1.87 bits per heavy atom. The van der Waals surface area contributed by atoms with Crippen molar-refractivity contribution < 1.29 is 15.0 Å². The molecule has 0 heterocycles. The number of aliphatic hydroxyl groups is 1. The smallest absolute Gasteiger partial charge is 0.335 e. The zero-order chi connectivity index (χ0) is 11.4. The van der Waals surface area contributed by atoms with Gasteiger partial charge in [0.05, 0.1) is 29.2 Å². The molecule has 0 fully saturated rings. The first-order valence-corrected chi connectivity index (χ1v) is 4.33. The number of nitrogens with one attached hydrogen (secondary N) is 1. The molecule has 0 spiro atoms. The SMILES string of the molecule is Nc1cc(C(=O)O)cc(N)c1NCCO. The van der Waals surface area contributed by atoms with E-state index in [1.807, 2.05) is 0 Å². The molecule has 0 bridgehead atoms. The molecule has 0 aliphatic heterocycles. The van der Waals surface area contributed by atoms with Crippen molar-refractivity contribution in [1.29, 1.82) is 0 Å². The van der Waals surface area contributed by atoms with Crippen LogP contribution in [0.5, 0.6) is 0 Å². The van der Waals surface area contributed by atoms with Crippen LogP contribution in [0, 0.1) is 0 Å². The van der Waals surface area contributed by atoms with Gasteiger partial charge in [-0.25, -0.2) is 4.79 Å². The van der Waals surface area contributed by atoms with E-state index in [1.165, 1.54) is 12.1 Å². The molecule has 0 amide bonds. The molecule has 0 atom stereocenters. The number of aromatic carboxylic acids is 1. The number of aliphatic hydroxyl groups excluding tert-OH is 1. The quantitative estimate of drug-likeness (QED) is 0.445. The van der Waals surface area contributed by atoms with Gasteiger partial charge in [0.25, 0.3) is 0 Å². The van der Waals surface area contributed by atoms with Gasteiger partial charge in [-0.1, -0.05) is 0 Å². The van der Waals surface area contributed by atoms with Crippen LogP contribution < -0.4 is 16.8 Å². The number of anilines is 3. The van der Waals surface area contributed by atoms with Crippen LogP contribution in [-0.4, -0.2) is 29.3 Å². The number of hydrogen-bond donors (Lipinski definition) is 5. The van der Waals surface area contributed by atoms with Crippen LogP contribution in [0.2, 0.25) is 0 Å². The van der Waals surface area contributed by atoms with E-state index in [0.717, 1.165) is 0 Å². The second kappa shape index (κ2) is 4.52. The monoisotopic (exact) mass is 211 g/mol. The van der Waals surface area contributed by atoms with Gasteiger partial charge >= 0.3 is 5.97 Å². The molecule has 15 heavy (non-hydrogen) atoms. The Balaban J connectivity index is 3.04. The summed E-state index contributed by atoms with van der Waals surface area (Å²) < 4.78 is 0. The van der Waals surface area contributed by atoms with E-state index in [4.69, 9.17) is 21.7 Å². The molecule has 0 aliphatic rings. The minimum atomic E-state index is -1.08. The molecule has 1 aromatic carbocycles. The molecule has 0 unspecified atom stereocenters. The van der Waals surface area contributed by atoms with E-state index >= 15 is 0 Å². The highest BCUT2D eigenvalue weighted by atomic mass is 16.4. The van der Waals surface area contributed by atoms with Gasteiger partial charge in [-0.15, -0.1) is 0 Å². The van der Waals surface area contributed by atoms with Gasteiger partial charge in [0.1, 0.15) is 0 Å². The summed E-state index contributed by atoms with van der Waals surface area (Å²) in [7, 11) is 0. The third kappa shape index (κ3) is 2.50. The summed E-state index contributed by atoms with van der Waals surface area (Å²) in [5.41, 5.74) is 12.2. The normalized spacial score (nSPS) is 9.93. The lowest BCUT2D eigenvalue weighted by atomic mass is 10.1. The minimum absolute atomic E-state index is 0.0412. The maximum atomic E-state index is 10.7. The Morgan fingerprint density at radius 1 is 1.33 bits per heavy atom. The molecule has 0 saturated heterocycles. The molecule has 1 rings (SSSR count). The van der Waals surface area contributed by atoms with E-state index in [0.29, 0.717) is 12.2 Å². The first-order valence-electron chi connectivity index (χ1n) is 4.33. The fraction of sp³-hybridized carbons (Fsp3) is 0.222. The maximum absolute atomic E-state index is 10.7. The number of hydrogen-bond acceptors (Lipinski definition) is 5. The number of carboxylic acid groups (broad SMARTS) is 1. The summed E-state index contributed by atoms with van der Waals surface area (Å²) in [5.74, 6) is -1.08. The standard InChI is InChI=1S/C9H13N3O3/c10-6-3-5(9(14)15)4-7(11)8(6)12-1-2-13/h3-4,12-13H,1-2,10-11H2,(H,14,15). The average Bonchev–Trinajstić information content (AvgIpc) is 2.16. The fourth-order valence-electron chi connectivity index (χ4n) is 1.20. The number of nitrogen functional groups attached to an aromatic ring is 2. The molecule has 0 aromatic heterocycles. The average molecular weight is 211 g/mol. The van der Waals surface area contributed by atoms with Crippen molar-refractivity contribution in [2.45, 2.75) is 0 Å².